The van der Waals surface area contributed by atoms with Gasteiger partial charge >= 0.3 is 0 Å². The smallest absolute Gasteiger partial charge is 0.255 e. The van der Waals surface area contributed by atoms with Crippen LogP contribution in [0.2, 0.25) is 10.0 Å². The number of halogens is 2. The van der Waals surface area contributed by atoms with Gasteiger partial charge in [0, 0.05) is 24.4 Å². The third-order valence-corrected chi connectivity index (χ3v) is 3.72. The lowest BCUT2D eigenvalue weighted by Crippen LogP contribution is -2.19. The molecule has 1 amide bonds. The van der Waals surface area contributed by atoms with Crippen molar-refractivity contribution in [3.63, 3.8) is 0 Å². The summed E-state index contributed by atoms with van der Waals surface area (Å²) in [7, 11) is 0. The first-order valence-electron chi connectivity index (χ1n) is 6.18. The summed E-state index contributed by atoms with van der Waals surface area (Å²) in [5.41, 5.74) is 6.57. The molecule has 5 nitrogen and oxygen atoms in total. The Morgan fingerprint density at radius 1 is 1.33 bits per heavy atom. The van der Waals surface area contributed by atoms with Gasteiger partial charge in [0.15, 0.2) is 0 Å². The minimum atomic E-state index is -0.387. The van der Waals surface area contributed by atoms with E-state index < -0.39 is 0 Å². The quantitative estimate of drug-likeness (QED) is 0.851. The van der Waals surface area contributed by atoms with E-state index in [0.717, 1.165) is 0 Å². The van der Waals surface area contributed by atoms with Crippen LogP contribution in [0.4, 0.5) is 11.4 Å². The lowest BCUT2D eigenvalue weighted by molar-refractivity contribution is 0.102. The van der Waals surface area contributed by atoms with Crippen molar-refractivity contribution in [2.45, 2.75) is 13.5 Å². The molecule has 0 radical (unpaired) electrons. The number of nitrogens with two attached hydrogens (primary N) is 1. The Kier molecular flexibility index (Phi) is 4.55. The zero-order valence-electron chi connectivity index (χ0n) is 11.2. The summed E-state index contributed by atoms with van der Waals surface area (Å²) in [5, 5.41) is 3.10. The number of nitrogen functional groups attached to an aromatic ring is 1. The number of pyridine rings is 1. The van der Waals surface area contributed by atoms with Crippen LogP contribution in [0.5, 0.6) is 0 Å². The number of aryl methyl sites for hydroxylation is 1. The molecule has 0 spiro atoms. The standard InChI is InChI=1S/C14H13Cl2N3O2/c1-2-19-7-9(3-4-12(19)20)18-14(21)8-5-10(15)13(16)11(17)6-8/h3-7H,2,17H2,1H3,(H,18,21). The van der Waals surface area contributed by atoms with Gasteiger partial charge in [-0.15, -0.1) is 0 Å². The van der Waals surface area contributed by atoms with Crippen molar-refractivity contribution in [2.75, 3.05) is 11.1 Å². The van der Waals surface area contributed by atoms with Gasteiger partial charge in [-0.05, 0) is 25.1 Å². The summed E-state index contributed by atoms with van der Waals surface area (Å²) in [5.74, 6) is -0.387. The molecule has 0 aliphatic carbocycles. The van der Waals surface area contributed by atoms with Crippen molar-refractivity contribution >= 4 is 40.5 Å². The highest BCUT2D eigenvalue weighted by atomic mass is 35.5. The highest BCUT2D eigenvalue weighted by Crippen LogP contribution is 2.29. The Balaban J connectivity index is 2.28. The molecule has 0 saturated heterocycles. The monoisotopic (exact) mass is 325 g/mol. The fourth-order valence-corrected chi connectivity index (χ4v) is 2.13. The zero-order valence-corrected chi connectivity index (χ0v) is 12.7. The van der Waals surface area contributed by atoms with Gasteiger partial charge in [-0.25, -0.2) is 0 Å². The first-order valence-corrected chi connectivity index (χ1v) is 6.94. The fraction of sp³-hybridized carbons (Fsp3) is 0.143. The Labute approximate surface area is 131 Å². The predicted molar refractivity (Wildman–Crippen MR) is 85.2 cm³/mol. The second-order valence-electron chi connectivity index (χ2n) is 4.36. The first-order chi connectivity index (χ1) is 9.92. The van der Waals surface area contributed by atoms with Gasteiger partial charge in [0.05, 0.1) is 21.4 Å². The summed E-state index contributed by atoms with van der Waals surface area (Å²) in [4.78, 5) is 23.6. The normalized spacial score (nSPS) is 10.4. The van der Waals surface area contributed by atoms with E-state index in [1.165, 1.54) is 28.8 Å². The molecule has 0 atom stereocenters. The number of rotatable bonds is 3. The SMILES string of the molecule is CCn1cc(NC(=O)c2cc(N)c(Cl)c(Cl)c2)ccc1=O. The van der Waals surface area contributed by atoms with Crippen LogP contribution in [-0.4, -0.2) is 10.5 Å². The molecular formula is C14H13Cl2N3O2. The maximum Gasteiger partial charge on any atom is 0.255 e. The maximum atomic E-state index is 12.2. The Hall–Kier alpha value is -1.98. The molecule has 0 bridgehead atoms. The second-order valence-corrected chi connectivity index (χ2v) is 5.14. The van der Waals surface area contributed by atoms with Crippen molar-refractivity contribution in [1.82, 2.24) is 4.57 Å². The van der Waals surface area contributed by atoms with Gasteiger partial charge in [0.2, 0.25) is 0 Å². The van der Waals surface area contributed by atoms with Gasteiger partial charge < -0.3 is 15.6 Å². The van der Waals surface area contributed by atoms with Gasteiger partial charge in [0.1, 0.15) is 0 Å². The van der Waals surface area contributed by atoms with Crippen LogP contribution in [0.1, 0.15) is 17.3 Å². The van der Waals surface area contributed by atoms with E-state index in [1.807, 2.05) is 6.92 Å². The molecule has 3 N–H and O–H groups in total. The van der Waals surface area contributed by atoms with Crippen molar-refractivity contribution in [3.05, 3.63) is 56.4 Å². The second kappa shape index (κ2) is 6.20. The maximum absolute atomic E-state index is 12.2. The number of aromatic nitrogens is 1. The van der Waals surface area contributed by atoms with Crippen molar-refractivity contribution in [2.24, 2.45) is 0 Å². The Bertz CT molecular complexity index is 733. The number of nitrogens with one attached hydrogen (secondary N) is 1. The number of anilines is 2. The number of benzene rings is 1. The lowest BCUT2D eigenvalue weighted by Gasteiger charge is -2.09. The summed E-state index contributed by atoms with van der Waals surface area (Å²) >= 11 is 11.7. The molecule has 2 rings (SSSR count). The molecule has 0 unspecified atom stereocenters. The van der Waals surface area contributed by atoms with Crippen molar-refractivity contribution in [1.29, 1.82) is 0 Å². The van der Waals surface area contributed by atoms with E-state index in [4.69, 9.17) is 28.9 Å². The topological polar surface area (TPSA) is 77.1 Å². The number of nitrogens with zero attached hydrogens (tertiary/aromatic N) is 1. The zero-order chi connectivity index (χ0) is 15.6. The molecule has 21 heavy (non-hydrogen) atoms. The van der Waals surface area contributed by atoms with Crippen LogP contribution in [0.15, 0.2) is 35.3 Å². The van der Waals surface area contributed by atoms with E-state index in [9.17, 15) is 9.59 Å². The average molecular weight is 326 g/mol. The van der Waals surface area contributed by atoms with Crippen molar-refractivity contribution in [3.8, 4) is 0 Å². The molecule has 2 aromatic rings. The molecule has 1 aromatic heterocycles. The molecule has 110 valence electrons. The molecule has 1 heterocycles. The molecule has 0 aliphatic rings. The summed E-state index contributed by atoms with van der Waals surface area (Å²) < 4.78 is 1.48. The van der Waals surface area contributed by atoms with E-state index in [1.54, 1.807) is 6.20 Å². The minimum Gasteiger partial charge on any atom is -0.397 e. The minimum absolute atomic E-state index is 0.130. The molecule has 0 fully saturated rings. The van der Waals surface area contributed by atoms with Crippen LogP contribution < -0.4 is 16.6 Å². The van der Waals surface area contributed by atoms with Crippen LogP contribution in [0.25, 0.3) is 0 Å². The van der Waals surface area contributed by atoms with Gasteiger partial charge in [-0.3, -0.25) is 9.59 Å². The number of amides is 1. The molecule has 1 aromatic carbocycles. The predicted octanol–water partition coefficient (Wildman–Crippen LogP) is 3.01. The van der Waals surface area contributed by atoms with Crippen molar-refractivity contribution < 1.29 is 4.79 Å². The number of hydrogen-bond acceptors (Lipinski definition) is 3. The van der Waals surface area contributed by atoms with Gasteiger partial charge in [0.25, 0.3) is 11.5 Å². The summed E-state index contributed by atoms with van der Waals surface area (Å²) in [6.45, 7) is 2.36. The van der Waals surface area contributed by atoms with E-state index in [2.05, 4.69) is 5.32 Å². The summed E-state index contributed by atoms with van der Waals surface area (Å²) in [6, 6.07) is 5.81. The van der Waals surface area contributed by atoms with Crippen LogP contribution in [0, 0.1) is 0 Å². The lowest BCUT2D eigenvalue weighted by atomic mass is 10.2. The highest BCUT2D eigenvalue weighted by Gasteiger charge is 2.12. The Morgan fingerprint density at radius 2 is 2.05 bits per heavy atom. The molecule has 0 aliphatic heterocycles. The van der Waals surface area contributed by atoms with E-state index in [-0.39, 0.29) is 32.8 Å². The Morgan fingerprint density at radius 3 is 2.67 bits per heavy atom. The molecular weight excluding hydrogens is 313 g/mol. The van der Waals surface area contributed by atoms with E-state index in [0.29, 0.717) is 12.2 Å². The first kappa shape index (κ1) is 15.4. The van der Waals surface area contributed by atoms with Crippen LogP contribution in [0.3, 0.4) is 0 Å². The number of carbonyl (C=O) groups excluding carboxylic acids is 1. The van der Waals surface area contributed by atoms with Gasteiger partial charge in [-0.2, -0.15) is 0 Å². The number of hydrogen-bond donors (Lipinski definition) is 2. The fourth-order valence-electron chi connectivity index (χ4n) is 1.80. The summed E-state index contributed by atoms with van der Waals surface area (Å²) in [6.07, 6.45) is 1.57. The third-order valence-electron chi connectivity index (χ3n) is 2.90. The van der Waals surface area contributed by atoms with E-state index >= 15 is 0 Å². The molecule has 0 saturated carbocycles. The number of carbonyl (C=O) groups is 1. The van der Waals surface area contributed by atoms with Crippen LogP contribution >= 0.6 is 23.2 Å². The third kappa shape index (κ3) is 3.37. The largest absolute Gasteiger partial charge is 0.397 e. The highest BCUT2D eigenvalue weighted by molar-refractivity contribution is 6.44. The van der Waals surface area contributed by atoms with Crippen LogP contribution in [-0.2, 0) is 6.54 Å². The molecule has 7 heteroatoms. The average Bonchev–Trinajstić information content (AvgIpc) is 2.46. The van der Waals surface area contributed by atoms with Gasteiger partial charge in [-0.1, -0.05) is 23.2 Å².